The fourth-order valence-corrected chi connectivity index (χ4v) is 0. The molecule has 0 aliphatic heterocycles. The van der Waals surface area contributed by atoms with Gasteiger partial charge in [0.1, 0.15) is 0 Å². The van der Waals surface area contributed by atoms with Crippen LogP contribution in [0.5, 0.6) is 0 Å². The van der Waals surface area contributed by atoms with E-state index < -0.39 is 0 Å². The lowest BCUT2D eigenvalue weighted by atomic mass is 10.5. The van der Waals surface area contributed by atoms with Gasteiger partial charge in [-0.05, 0) is 6.42 Å². The predicted molar refractivity (Wildman–Crippen MR) is 23.5 cm³/mol. The van der Waals surface area contributed by atoms with E-state index in [1.54, 1.807) is 0 Å². The number of aliphatic hydroxyl groups is 1. The molecule has 44 valence electrons. The second-order valence-electron chi connectivity index (χ2n) is 0.815. The van der Waals surface area contributed by atoms with Crippen LogP contribution in [-0.4, -0.2) is 16.9 Å². The van der Waals surface area contributed by atoms with Gasteiger partial charge in [-0.15, -0.1) is 0 Å². The van der Waals surface area contributed by atoms with Crippen molar-refractivity contribution >= 4 is 0 Å². The van der Waals surface area contributed by atoms with Gasteiger partial charge >= 0.3 is 0 Å². The first kappa shape index (κ1) is 9.61. The topological polar surface area (TPSA) is 71.5 Å². The average Bonchev–Trinajstić information content (AvgIpc) is 1.69. The lowest BCUT2D eigenvalue weighted by molar-refractivity contribution is -0.755. The zero-order valence-electron chi connectivity index (χ0n) is 4.22. The number of hydrogen-bond acceptors (Lipinski definition) is 2. The van der Waals surface area contributed by atoms with Gasteiger partial charge in [0.05, 0.1) is 4.91 Å². The Morgan fingerprint density at radius 3 is 1.86 bits per heavy atom. The zero-order chi connectivity index (χ0) is 6.12. The summed E-state index contributed by atoms with van der Waals surface area (Å²) < 4.78 is 0. The van der Waals surface area contributed by atoms with E-state index in [9.17, 15) is 0 Å². The molecular weight excluding hydrogens is 98.0 g/mol. The van der Waals surface area contributed by atoms with Gasteiger partial charge in [-0.25, -0.2) is 5.21 Å². The van der Waals surface area contributed by atoms with E-state index in [1.807, 2.05) is 6.92 Å². The molecule has 0 radical (unpaired) electrons. The lowest BCUT2D eigenvalue weighted by Gasteiger charge is -1.69. The van der Waals surface area contributed by atoms with Crippen LogP contribution in [0.25, 0.3) is 0 Å². The molecule has 0 saturated heterocycles. The van der Waals surface area contributed by atoms with Crippen LogP contribution in [-0.2, 0) is 0 Å². The van der Waals surface area contributed by atoms with Crippen molar-refractivity contribution in [2.75, 3.05) is 6.61 Å². The quantitative estimate of drug-likeness (QED) is 0.362. The van der Waals surface area contributed by atoms with Crippen LogP contribution in [0.4, 0.5) is 0 Å². The van der Waals surface area contributed by atoms with E-state index in [4.69, 9.17) is 15.2 Å². The molecule has 0 aromatic rings. The largest absolute Gasteiger partial charge is 0.396 e. The Labute approximate surface area is 41.7 Å². The summed E-state index contributed by atoms with van der Waals surface area (Å²) in [5, 5.41) is 15.1. The first-order chi connectivity index (χ1) is 3.33. The summed E-state index contributed by atoms with van der Waals surface area (Å²) in [6, 6.07) is 0. The first-order valence-corrected chi connectivity index (χ1v) is 1.95. The second-order valence-corrected chi connectivity index (χ2v) is 0.815. The number of rotatable bonds is 1. The molecule has 0 aliphatic rings. The Morgan fingerprint density at radius 1 is 1.71 bits per heavy atom. The molecule has 4 nitrogen and oxygen atoms in total. The average molecular weight is 108 g/mol. The van der Waals surface area contributed by atoms with E-state index in [2.05, 4.69) is 0 Å². The molecular formula is C3H10NO3+. The summed E-state index contributed by atoms with van der Waals surface area (Å²) in [5.74, 6) is 0. The van der Waals surface area contributed by atoms with Crippen LogP contribution in [0.1, 0.15) is 13.3 Å². The fourth-order valence-electron chi connectivity index (χ4n) is 0. The van der Waals surface area contributed by atoms with Gasteiger partial charge in [0.2, 0.25) is 0 Å². The zero-order valence-corrected chi connectivity index (χ0v) is 4.22. The van der Waals surface area contributed by atoms with Crippen molar-refractivity contribution in [2.45, 2.75) is 13.3 Å². The highest BCUT2D eigenvalue weighted by Gasteiger charge is 1.57. The summed E-state index contributed by atoms with van der Waals surface area (Å²) in [5.41, 5.74) is 0. The Bertz CT molecular complexity index is 29.4. The molecule has 0 spiro atoms. The minimum atomic E-state index is 0.319. The minimum absolute atomic E-state index is 0.319. The molecule has 0 unspecified atom stereocenters. The van der Waals surface area contributed by atoms with Crippen molar-refractivity contribution in [2.24, 2.45) is 0 Å². The smallest absolute Gasteiger partial charge is 0.198 e. The summed E-state index contributed by atoms with van der Waals surface area (Å²) in [4.78, 5) is 8.24. The number of nitrogens with one attached hydrogen (secondary N) is 1. The van der Waals surface area contributed by atoms with Crippen LogP contribution in [0.3, 0.4) is 0 Å². The summed E-state index contributed by atoms with van der Waals surface area (Å²) in [7, 11) is 0. The summed E-state index contributed by atoms with van der Waals surface area (Å²) >= 11 is 0. The molecule has 0 bridgehead atoms. The third-order valence-electron chi connectivity index (χ3n) is 0.224. The van der Waals surface area contributed by atoms with Gasteiger partial charge in [0, 0.05) is 6.61 Å². The Kier molecular flexibility index (Phi) is 25.1. The normalized spacial score (nSPS) is 6.00. The van der Waals surface area contributed by atoms with E-state index in [-0.39, 0.29) is 0 Å². The van der Waals surface area contributed by atoms with Gasteiger partial charge in [-0.2, -0.15) is 0 Å². The second kappa shape index (κ2) is 18.3. The van der Waals surface area contributed by atoms with Crippen molar-refractivity contribution < 1.29 is 15.7 Å². The van der Waals surface area contributed by atoms with Gasteiger partial charge in [-0.1, -0.05) is 6.92 Å². The Morgan fingerprint density at radius 2 is 1.86 bits per heavy atom. The maximum atomic E-state index is 8.24. The minimum Gasteiger partial charge on any atom is -0.396 e. The predicted octanol–water partition coefficient (Wildman–Crippen LogP) is -1.39. The van der Waals surface area contributed by atoms with Crippen molar-refractivity contribution in [1.82, 2.24) is 0 Å². The lowest BCUT2D eigenvalue weighted by Crippen LogP contribution is -2.58. The monoisotopic (exact) mass is 108 g/mol. The molecule has 3 N–H and O–H groups in total. The van der Waals surface area contributed by atoms with Crippen molar-refractivity contribution in [3.05, 3.63) is 4.91 Å². The maximum absolute atomic E-state index is 8.24. The van der Waals surface area contributed by atoms with Crippen LogP contribution >= 0.6 is 0 Å². The highest BCUT2D eigenvalue weighted by molar-refractivity contribution is 4.10. The van der Waals surface area contributed by atoms with E-state index in [0.29, 0.717) is 11.9 Å². The van der Waals surface area contributed by atoms with Gasteiger partial charge in [0.15, 0.2) is 5.34 Å². The summed E-state index contributed by atoms with van der Waals surface area (Å²) in [6.45, 7) is 2.25. The van der Waals surface area contributed by atoms with Crippen LogP contribution in [0, 0.1) is 4.91 Å². The van der Waals surface area contributed by atoms with E-state index in [0.717, 1.165) is 6.42 Å². The highest BCUT2D eigenvalue weighted by atomic mass is 16.6. The molecule has 0 aromatic carbocycles. The molecule has 0 aromatic heterocycles. The van der Waals surface area contributed by atoms with Crippen molar-refractivity contribution in [1.29, 1.82) is 0 Å². The number of hydrogen-bond donors (Lipinski definition) is 3. The molecule has 0 rings (SSSR count). The van der Waals surface area contributed by atoms with Gasteiger partial charge < -0.3 is 5.11 Å². The van der Waals surface area contributed by atoms with Gasteiger partial charge in [0.25, 0.3) is 0 Å². The SMILES string of the molecule is CCCO.O=[NH+]O. The molecule has 0 amide bonds. The molecule has 0 fully saturated rings. The van der Waals surface area contributed by atoms with Gasteiger partial charge in [-0.3, -0.25) is 0 Å². The van der Waals surface area contributed by atoms with Crippen LogP contribution < -0.4 is 5.34 Å². The maximum Gasteiger partial charge on any atom is 0.198 e. The third-order valence-corrected chi connectivity index (χ3v) is 0.224. The van der Waals surface area contributed by atoms with E-state index in [1.165, 1.54) is 0 Å². The molecule has 0 atom stereocenters. The first-order valence-electron chi connectivity index (χ1n) is 1.95. The molecule has 7 heavy (non-hydrogen) atoms. The molecule has 4 heteroatoms. The standard InChI is InChI=1S/C3H8O.HNO2/c1-2-3-4;2-1-3/h4H,2-3H2,1H3;1H/p+1. The number of aliphatic hydroxyl groups excluding tert-OH is 1. The van der Waals surface area contributed by atoms with Crippen LogP contribution in [0.15, 0.2) is 0 Å². The fraction of sp³-hybridized carbons (Fsp3) is 1.00. The summed E-state index contributed by atoms with van der Waals surface area (Å²) in [6.07, 6.45) is 0.875. The van der Waals surface area contributed by atoms with E-state index >= 15 is 0 Å². The Hall–Kier alpha value is -0.640. The molecule has 0 aliphatic carbocycles. The van der Waals surface area contributed by atoms with Crippen LogP contribution in [0.2, 0.25) is 0 Å². The molecule has 0 saturated carbocycles. The highest BCUT2D eigenvalue weighted by Crippen LogP contribution is 1.61. The molecule has 0 heterocycles. The van der Waals surface area contributed by atoms with Crippen molar-refractivity contribution in [3.63, 3.8) is 0 Å². The third kappa shape index (κ3) is 467. The van der Waals surface area contributed by atoms with Crippen molar-refractivity contribution in [3.8, 4) is 0 Å². The Balaban J connectivity index is 0.